The molecule has 1 aromatic rings. The summed E-state index contributed by atoms with van der Waals surface area (Å²) in [5.74, 6) is 0.761. The predicted octanol–water partition coefficient (Wildman–Crippen LogP) is 2.34. The van der Waals surface area contributed by atoms with Gasteiger partial charge in [-0.2, -0.15) is 0 Å². The quantitative estimate of drug-likeness (QED) is 0.886. The van der Waals surface area contributed by atoms with Crippen LogP contribution in [-0.2, 0) is 4.79 Å². The van der Waals surface area contributed by atoms with Crippen molar-refractivity contribution in [3.63, 3.8) is 0 Å². The highest BCUT2D eigenvalue weighted by atomic mass is 16.2. The van der Waals surface area contributed by atoms with E-state index in [1.807, 2.05) is 25.1 Å². The Bertz CT molecular complexity index is 682. The number of anilines is 2. The number of benzene rings is 1. The topological polar surface area (TPSA) is 64.7 Å². The van der Waals surface area contributed by atoms with E-state index in [0.717, 1.165) is 49.5 Å². The molecule has 4 fully saturated rings. The third-order valence-electron chi connectivity index (χ3n) is 5.83. The second kappa shape index (κ2) is 6.67. The van der Waals surface area contributed by atoms with Crippen molar-refractivity contribution in [1.82, 2.24) is 10.2 Å². The third kappa shape index (κ3) is 3.35. The van der Waals surface area contributed by atoms with E-state index in [1.165, 1.54) is 12.8 Å². The van der Waals surface area contributed by atoms with Gasteiger partial charge >= 0.3 is 6.03 Å². The Morgan fingerprint density at radius 1 is 1.20 bits per heavy atom. The summed E-state index contributed by atoms with van der Waals surface area (Å²) in [7, 11) is 0. The van der Waals surface area contributed by atoms with Crippen molar-refractivity contribution in [2.45, 2.75) is 38.6 Å². The largest absolute Gasteiger partial charge is 0.334 e. The molecule has 1 atom stereocenters. The van der Waals surface area contributed by atoms with E-state index in [0.29, 0.717) is 12.3 Å². The van der Waals surface area contributed by atoms with Crippen LogP contribution in [0, 0.1) is 12.8 Å². The van der Waals surface area contributed by atoms with E-state index in [4.69, 9.17) is 0 Å². The average Bonchev–Trinajstić information content (AvgIpc) is 3.04. The van der Waals surface area contributed by atoms with E-state index in [-0.39, 0.29) is 18.0 Å². The number of nitrogens with zero attached hydrogens (tertiary/aromatic N) is 2. The van der Waals surface area contributed by atoms with Crippen LogP contribution in [-0.4, -0.2) is 49.1 Å². The first-order valence-electron chi connectivity index (χ1n) is 9.31. The van der Waals surface area contributed by atoms with Gasteiger partial charge in [-0.05, 0) is 62.9 Å². The number of hydrogen-bond donors (Lipinski definition) is 2. The second-order valence-corrected chi connectivity index (χ2v) is 7.49. The van der Waals surface area contributed by atoms with E-state index in [2.05, 4.69) is 15.5 Å². The minimum atomic E-state index is -0.147. The molecule has 4 heterocycles. The van der Waals surface area contributed by atoms with E-state index in [1.54, 1.807) is 4.90 Å². The lowest BCUT2D eigenvalue weighted by Crippen LogP contribution is -2.57. The summed E-state index contributed by atoms with van der Waals surface area (Å²) in [6, 6.07) is 5.92. The molecule has 2 bridgehead atoms. The third-order valence-corrected chi connectivity index (χ3v) is 5.83. The van der Waals surface area contributed by atoms with E-state index < -0.39 is 0 Å². The van der Waals surface area contributed by atoms with Crippen LogP contribution in [0.15, 0.2) is 18.2 Å². The summed E-state index contributed by atoms with van der Waals surface area (Å²) in [6.45, 7) is 6.01. The number of aryl methyl sites for hydroxylation is 1. The Balaban J connectivity index is 1.43. The Labute approximate surface area is 148 Å². The van der Waals surface area contributed by atoms with Crippen molar-refractivity contribution in [3.05, 3.63) is 23.8 Å². The van der Waals surface area contributed by atoms with Gasteiger partial charge in [-0.25, -0.2) is 4.79 Å². The Morgan fingerprint density at radius 3 is 2.64 bits per heavy atom. The molecule has 0 aromatic heterocycles. The highest BCUT2D eigenvalue weighted by Crippen LogP contribution is 2.29. The maximum atomic E-state index is 12.5. The minimum Gasteiger partial charge on any atom is -0.334 e. The van der Waals surface area contributed by atoms with Crippen LogP contribution in [0.3, 0.4) is 0 Å². The van der Waals surface area contributed by atoms with Crippen molar-refractivity contribution in [2.24, 2.45) is 5.92 Å². The van der Waals surface area contributed by atoms with Gasteiger partial charge in [-0.3, -0.25) is 4.79 Å². The zero-order valence-corrected chi connectivity index (χ0v) is 14.8. The highest BCUT2D eigenvalue weighted by Gasteiger charge is 2.34. The number of piperidine rings is 3. The van der Waals surface area contributed by atoms with E-state index in [9.17, 15) is 9.59 Å². The predicted molar refractivity (Wildman–Crippen MR) is 97.9 cm³/mol. The standard InChI is InChI=1S/C19H26N4O2/c1-13-4-5-15(23-8-2-3-18(23)24)11-16(13)20-19(25)21-17-12-22-9-6-14(17)7-10-22/h4-5,11,14,17H,2-3,6-10,12H2,1H3,(H2,20,21,25). The number of rotatable bonds is 3. The summed E-state index contributed by atoms with van der Waals surface area (Å²) in [5.41, 5.74) is 2.64. The normalized spacial score (nSPS) is 28.3. The molecule has 134 valence electrons. The summed E-state index contributed by atoms with van der Waals surface area (Å²) in [4.78, 5) is 28.7. The number of nitrogens with one attached hydrogen (secondary N) is 2. The van der Waals surface area contributed by atoms with Crippen LogP contribution in [0.5, 0.6) is 0 Å². The van der Waals surface area contributed by atoms with Gasteiger partial charge in [0.25, 0.3) is 0 Å². The molecule has 25 heavy (non-hydrogen) atoms. The number of hydrogen-bond acceptors (Lipinski definition) is 3. The smallest absolute Gasteiger partial charge is 0.319 e. The number of urea groups is 1. The monoisotopic (exact) mass is 342 g/mol. The van der Waals surface area contributed by atoms with Crippen LogP contribution in [0.4, 0.5) is 16.2 Å². The first-order valence-corrected chi connectivity index (χ1v) is 9.31. The fraction of sp³-hybridized carbons (Fsp3) is 0.579. The van der Waals surface area contributed by atoms with Gasteiger partial charge in [0.15, 0.2) is 0 Å². The van der Waals surface area contributed by atoms with Gasteiger partial charge in [0.05, 0.1) is 0 Å². The van der Waals surface area contributed by atoms with Crippen LogP contribution in [0.2, 0.25) is 0 Å². The van der Waals surface area contributed by atoms with Gasteiger partial charge in [-0.15, -0.1) is 0 Å². The van der Waals surface area contributed by atoms with E-state index >= 15 is 0 Å². The average molecular weight is 342 g/mol. The van der Waals surface area contributed by atoms with Crippen LogP contribution < -0.4 is 15.5 Å². The second-order valence-electron chi connectivity index (χ2n) is 7.49. The molecule has 1 unspecified atom stereocenters. The molecule has 4 saturated heterocycles. The van der Waals surface area contributed by atoms with Crippen LogP contribution in [0.25, 0.3) is 0 Å². The Kier molecular flexibility index (Phi) is 4.37. The van der Waals surface area contributed by atoms with Crippen molar-refractivity contribution in [3.8, 4) is 0 Å². The SMILES string of the molecule is Cc1ccc(N2CCCC2=O)cc1NC(=O)NC1CN2CCC1CC2. The molecule has 1 aromatic carbocycles. The van der Waals surface area contributed by atoms with Gasteiger partial charge in [0.1, 0.15) is 0 Å². The molecule has 6 nitrogen and oxygen atoms in total. The fourth-order valence-electron chi connectivity index (χ4n) is 4.29. The number of carbonyl (C=O) groups is 2. The van der Waals surface area contributed by atoms with Gasteiger partial charge in [0, 0.05) is 36.9 Å². The van der Waals surface area contributed by atoms with Crippen molar-refractivity contribution in [2.75, 3.05) is 36.4 Å². The lowest BCUT2D eigenvalue weighted by molar-refractivity contribution is -0.117. The van der Waals surface area contributed by atoms with Crippen molar-refractivity contribution in [1.29, 1.82) is 0 Å². The summed E-state index contributed by atoms with van der Waals surface area (Å²) in [6.07, 6.45) is 3.86. The van der Waals surface area contributed by atoms with Crippen LogP contribution in [0.1, 0.15) is 31.2 Å². The van der Waals surface area contributed by atoms with Gasteiger partial charge in [-0.1, -0.05) is 6.07 Å². The Morgan fingerprint density at radius 2 is 2.00 bits per heavy atom. The molecule has 0 saturated carbocycles. The lowest BCUT2D eigenvalue weighted by atomic mass is 9.84. The van der Waals surface area contributed by atoms with Crippen molar-refractivity contribution < 1.29 is 9.59 Å². The summed E-state index contributed by atoms with van der Waals surface area (Å²) >= 11 is 0. The summed E-state index contributed by atoms with van der Waals surface area (Å²) < 4.78 is 0. The Hall–Kier alpha value is -2.08. The molecule has 4 aliphatic heterocycles. The summed E-state index contributed by atoms with van der Waals surface area (Å²) in [5, 5.41) is 6.14. The number of amides is 3. The highest BCUT2D eigenvalue weighted by molar-refractivity contribution is 5.97. The molecule has 0 aliphatic carbocycles. The van der Waals surface area contributed by atoms with Crippen LogP contribution >= 0.6 is 0 Å². The molecule has 5 rings (SSSR count). The lowest BCUT2D eigenvalue weighted by Gasteiger charge is -2.44. The first kappa shape index (κ1) is 16.4. The van der Waals surface area contributed by atoms with Gasteiger partial charge in [0.2, 0.25) is 5.91 Å². The molecule has 3 amide bonds. The maximum Gasteiger partial charge on any atom is 0.319 e. The number of carbonyl (C=O) groups excluding carboxylic acids is 2. The maximum absolute atomic E-state index is 12.5. The fourth-order valence-corrected chi connectivity index (χ4v) is 4.29. The minimum absolute atomic E-state index is 0.147. The molecule has 0 spiro atoms. The van der Waals surface area contributed by atoms with Crippen molar-refractivity contribution >= 4 is 23.3 Å². The van der Waals surface area contributed by atoms with Gasteiger partial charge < -0.3 is 20.4 Å². The first-order chi connectivity index (χ1) is 12.1. The molecule has 4 aliphatic rings. The molecule has 2 N–H and O–H groups in total. The zero-order chi connectivity index (χ0) is 17.4. The molecule has 6 heteroatoms. The molecular formula is C19H26N4O2. The molecule has 0 radical (unpaired) electrons. The number of fused-ring (bicyclic) bond motifs is 3. The molecular weight excluding hydrogens is 316 g/mol. The zero-order valence-electron chi connectivity index (χ0n) is 14.8.